The van der Waals surface area contributed by atoms with Crippen molar-refractivity contribution in [2.24, 2.45) is 17.3 Å². The summed E-state index contributed by atoms with van der Waals surface area (Å²) in [4.78, 5) is 12.1. The Hall–Kier alpha value is -0.740. The van der Waals surface area contributed by atoms with E-state index in [4.69, 9.17) is 4.74 Å². The highest BCUT2D eigenvalue weighted by Crippen LogP contribution is 2.32. The zero-order chi connectivity index (χ0) is 16.8. The quantitative estimate of drug-likeness (QED) is 0.564. The Morgan fingerprint density at radius 3 is 2.00 bits per heavy atom. The van der Waals surface area contributed by atoms with Crippen molar-refractivity contribution < 1.29 is 22.7 Å². The van der Waals surface area contributed by atoms with Crippen LogP contribution in [0.25, 0.3) is 0 Å². The van der Waals surface area contributed by atoms with E-state index in [9.17, 15) is 18.0 Å². The summed E-state index contributed by atoms with van der Waals surface area (Å²) in [5, 5.41) is 0. The molecule has 0 fully saturated rings. The molecule has 0 aliphatic heterocycles. The normalized spacial score (nSPS) is 15.9. The van der Waals surface area contributed by atoms with E-state index in [1.165, 1.54) is 0 Å². The van der Waals surface area contributed by atoms with Crippen molar-refractivity contribution >= 4 is 5.97 Å². The van der Waals surface area contributed by atoms with Crippen LogP contribution in [-0.4, -0.2) is 18.2 Å². The maximum atomic E-state index is 12.7. The van der Waals surface area contributed by atoms with Crippen LogP contribution in [0, 0.1) is 17.3 Å². The molecule has 0 rings (SSSR count). The number of carbonyl (C=O) groups is 1. The second kappa shape index (κ2) is 8.04. The predicted octanol–water partition coefficient (Wildman–Crippen LogP) is 5.36. The Kier molecular flexibility index (Phi) is 7.76. The molecule has 0 N–H and O–H groups in total. The van der Waals surface area contributed by atoms with Crippen molar-refractivity contribution in [3.8, 4) is 0 Å². The summed E-state index contributed by atoms with van der Waals surface area (Å²) in [6.07, 6.45) is -3.26. The summed E-state index contributed by atoms with van der Waals surface area (Å²) in [6, 6.07) is 0. The lowest BCUT2D eigenvalue weighted by molar-refractivity contribution is -0.185. The maximum absolute atomic E-state index is 12.7. The van der Waals surface area contributed by atoms with E-state index >= 15 is 0 Å². The summed E-state index contributed by atoms with van der Waals surface area (Å²) in [7, 11) is 0. The van der Waals surface area contributed by atoms with Crippen LogP contribution in [0.15, 0.2) is 0 Å². The number of esters is 1. The Balaban J connectivity index is 4.78. The minimum Gasteiger partial charge on any atom is -0.462 e. The molecule has 0 aliphatic rings. The fraction of sp³-hybridized carbons (Fsp3) is 0.938. The summed E-state index contributed by atoms with van der Waals surface area (Å²) < 4.78 is 43.5. The van der Waals surface area contributed by atoms with Crippen molar-refractivity contribution in [2.75, 3.05) is 0 Å². The summed E-state index contributed by atoms with van der Waals surface area (Å²) in [5.41, 5.74) is -0.655. The van der Waals surface area contributed by atoms with Crippen LogP contribution in [-0.2, 0) is 9.53 Å². The van der Waals surface area contributed by atoms with Gasteiger partial charge in [-0.3, -0.25) is 4.79 Å². The minimum absolute atomic E-state index is 0.165. The lowest BCUT2D eigenvalue weighted by Crippen LogP contribution is -2.33. The summed E-state index contributed by atoms with van der Waals surface area (Å²) in [6.45, 7) is 10.5. The van der Waals surface area contributed by atoms with E-state index in [0.717, 1.165) is 13.3 Å². The lowest BCUT2D eigenvalue weighted by atomic mass is 9.90. The monoisotopic (exact) mass is 310 g/mol. The standard InChI is InChI=1S/C16H29F3O2/c1-7-15(5,6)14(20)21-13(9-8-11(2)3)10-12(4)16(17,18)19/h11-13H,7-10H2,1-6H3. The largest absolute Gasteiger partial charge is 0.462 e. The molecule has 0 aromatic rings. The van der Waals surface area contributed by atoms with Crippen LogP contribution in [0.5, 0.6) is 0 Å². The second-order valence-corrected chi connectivity index (χ2v) is 6.91. The number of ether oxygens (including phenoxy) is 1. The average Bonchev–Trinajstić information content (AvgIpc) is 2.34. The third-order valence-electron chi connectivity index (χ3n) is 3.95. The molecule has 0 aromatic carbocycles. The van der Waals surface area contributed by atoms with Gasteiger partial charge in [0.25, 0.3) is 0 Å². The number of halogens is 3. The number of carbonyl (C=O) groups excluding carboxylic acids is 1. The van der Waals surface area contributed by atoms with E-state index in [1.807, 2.05) is 20.8 Å². The average molecular weight is 310 g/mol. The fourth-order valence-electron chi connectivity index (χ4n) is 1.73. The van der Waals surface area contributed by atoms with Gasteiger partial charge in [0.05, 0.1) is 11.3 Å². The number of rotatable bonds is 8. The van der Waals surface area contributed by atoms with Crippen LogP contribution < -0.4 is 0 Å². The van der Waals surface area contributed by atoms with Gasteiger partial charge in [0.1, 0.15) is 6.10 Å². The molecular formula is C16H29F3O2. The maximum Gasteiger partial charge on any atom is 0.391 e. The van der Waals surface area contributed by atoms with Crippen molar-refractivity contribution in [1.82, 2.24) is 0 Å². The van der Waals surface area contributed by atoms with Crippen LogP contribution in [0.3, 0.4) is 0 Å². The topological polar surface area (TPSA) is 26.3 Å². The molecule has 0 saturated carbocycles. The first kappa shape index (κ1) is 20.3. The molecule has 0 saturated heterocycles. The Bertz CT molecular complexity index is 322. The SMILES string of the molecule is CCC(C)(C)C(=O)OC(CCC(C)C)CC(C)C(F)(F)F. The third kappa shape index (κ3) is 7.72. The first-order valence-electron chi connectivity index (χ1n) is 7.68. The fourth-order valence-corrected chi connectivity index (χ4v) is 1.73. The zero-order valence-corrected chi connectivity index (χ0v) is 14.0. The van der Waals surface area contributed by atoms with Crippen LogP contribution >= 0.6 is 0 Å². The smallest absolute Gasteiger partial charge is 0.391 e. The number of hydrogen-bond acceptors (Lipinski definition) is 2. The minimum atomic E-state index is -4.25. The molecule has 2 atom stereocenters. The molecule has 0 aromatic heterocycles. The summed E-state index contributed by atoms with van der Waals surface area (Å²) >= 11 is 0. The second-order valence-electron chi connectivity index (χ2n) is 6.91. The van der Waals surface area contributed by atoms with E-state index in [1.54, 1.807) is 13.8 Å². The molecule has 2 nitrogen and oxygen atoms in total. The first-order chi connectivity index (χ1) is 9.40. The Morgan fingerprint density at radius 1 is 1.10 bits per heavy atom. The molecule has 0 aliphatic carbocycles. The van der Waals surface area contributed by atoms with Crippen LogP contribution in [0.2, 0.25) is 0 Å². The predicted molar refractivity (Wildman–Crippen MR) is 77.9 cm³/mol. The van der Waals surface area contributed by atoms with Crippen LogP contribution in [0.4, 0.5) is 13.2 Å². The van der Waals surface area contributed by atoms with Gasteiger partial charge in [-0.1, -0.05) is 27.7 Å². The van der Waals surface area contributed by atoms with Gasteiger partial charge in [-0.15, -0.1) is 0 Å². The van der Waals surface area contributed by atoms with Crippen LogP contribution in [0.1, 0.15) is 67.2 Å². The molecule has 0 heterocycles. The number of alkyl halides is 3. The summed E-state index contributed by atoms with van der Waals surface area (Å²) in [5.74, 6) is -1.51. The molecular weight excluding hydrogens is 281 g/mol. The van der Waals surface area contributed by atoms with E-state index in [-0.39, 0.29) is 6.42 Å². The van der Waals surface area contributed by atoms with Gasteiger partial charge < -0.3 is 4.74 Å². The molecule has 21 heavy (non-hydrogen) atoms. The molecule has 0 spiro atoms. The van der Waals surface area contributed by atoms with E-state index < -0.39 is 29.6 Å². The van der Waals surface area contributed by atoms with Gasteiger partial charge in [0.15, 0.2) is 0 Å². The van der Waals surface area contributed by atoms with Gasteiger partial charge in [-0.25, -0.2) is 0 Å². The lowest BCUT2D eigenvalue weighted by Gasteiger charge is -2.28. The van der Waals surface area contributed by atoms with Crippen molar-refractivity contribution in [1.29, 1.82) is 0 Å². The Labute approximate surface area is 126 Å². The molecule has 0 bridgehead atoms. The highest BCUT2D eigenvalue weighted by atomic mass is 19.4. The van der Waals surface area contributed by atoms with Crippen molar-refractivity contribution in [3.05, 3.63) is 0 Å². The van der Waals surface area contributed by atoms with Gasteiger partial charge >= 0.3 is 12.1 Å². The molecule has 0 radical (unpaired) electrons. The van der Waals surface area contributed by atoms with E-state index in [2.05, 4.69) is 0 Å². The van der Waals surface area contributed by atoms with E-state index in [0.29, 0.717) is 18.8 Å². The van der Waals surface area contributed by atoms with Gasteiger partial charge in [-0.05, 0) is 45.4 Å². The third-order valence-corrected chi connectivity index (χ3v) is 3.95. The zero-order valence-electron chi connectivity index (χ0n) is 14.0. The molecule has 0 amide bonds. The highest BCUT2D eigenvalue weighted by Gasteiger charge is 2.39. The van der Waals surface area contributed by atoms with Crippen molar-refractivity contribution in [2.45, 2.75) is 79.5 Å². The highest BCUT2D eigenvalue weighted by molar-refractivity contribution is 5.75. The van der Waals surface area contributed by atoms with Gasteiger partial charge in [0.2, 0.25) is 0 Å². The first-order valence-corrected chi connectivity index (χ1v) is 7.68. The van der Waals surface area contributed by atoms with Gasteiger partial charge in [-0.2, -0.15) is 13.2 Å². The molecule has 2 unspecified atom stereocenters. The van der Waals surface area contributed by atoms with Gasteiger partial charge in [0, 0.05) is 0 Å². The Morgan fingerprint density at radius 2 is 1.62 bits per heavy atom. The number of hydrogen-bond donors (Lipinski definition) is 0. The van der Waals surface area contributed by atoms with Crippen molar-refractivity contribution in [3.63, 3.8) is 0 Å². The molecule has 126 valence electrons. The molecule has 5 heteroatoms.